The fourth-order valence-corrected chi connectivity index (χ4v) is 2.20. The SMILES string of the molecule is CC(=O)OC(C)=O.CCOC(CC)(OCC)OCC.CCOC(CC)=NC#N.CCc1nc(N)n[nH]1.CO.N#CN.N=N.O.[HH]. The van der Waals surface area contributed by atoms with Gasteiger partial charge >= 0.3 is 11.9 Å². The number of aliphatic imine (C=N–C) groups is 1. The summed E-state index contributed by atoms with van der Waals surface area (Å²) < 4.78 is 25.2. The van der Waals surface area contributed by atoms with Crippen molar-refractivity contribution in [2.45, 2.75) is 87.5 Å². The van der Waals surface area contributed by atoms with Crippen LogP contribution in [0.3, 0.4) is 0 Å². The Morgan fingerprint density at radius 2 is 1.39 bits per heavy atom. The van der Waals surface area contributed by atoms with Gasteiger partial charge in [-0.05, 0) is 27.7 Å². The van der Waals surface area contributed by atoms with E-state index in [9.17, 15) is 9.59 Å². The minimum Gasteiger partial charge on any atom is -0.481 e. The van der Waals surface area contributed by atoms with Crippen LogP contribution in [0.25, 0.3) is 0 Å². The van der Waals surface area contributed by atoms with Gasteiger partial charge in [-0.2, -0.15) is 15.5 Å². The van der Waals surface area contributed by atoms with Crippen LogP contribution in [0, 0.1) is 34.0 Å². The number of aromatic amines is 1. The van der Waals surface area contributed by atoms with Gasteiger partial charge < -0.3 is 45.7 Å². The number of hydrogen-bond donors (Lipinski definition) is 6. The van der Waals surface area contributed by atoms with E-state index >= 15 is 0 Å². The van der Waals surface area contributed by atoms with E-state index in [1.54, 1.807) is 6.19 Å². The highest BCUT2D eigenvalue weighted by Crippen LogP contribution is 2.19. The maximum atomic E-state index is 9.81. The number of aromatic nitrogens is 3. The number of carbonyl (C=O) groups is 2. The van der Waals surface area contributed by atoms with E-state index in [1.165, 1.54) is 20.0 Å². The van der Waals surface area contributed by atoms with Crippen molar-refractivity contribution < 1.29 is 45.3 Å². The van der Waals surface area contributed by atoms with Gasteiger partial charge in [0.1, 0.15) is 5.82 Å². The van der Waals surface area contributed by atoms with Crippen molar-refractivity contribution in [3.05, 3.63) is 5.82 Å². The first-order valence-electron chi connectivity index (χ1n) is 13.1. The number of H-pyrrole nitrogens is 1. The summed E-state index contributed by atoms with van der Waals surface area (Å²) in [6, 6.07) is 0. The number of aliphatic hydroxyl groups excluding tert-OH is 1. The number of ether oxygens (including phenoxy) is 5. The highest BCUT2D eigenvalue weighted by Gasteiger charge is 2.29. The molecule has 1 aromatic heterocycles. The number of aliphatic hydroxyl groups is 1. The fourth-order valence-electron chi connectivity index (χ4n) is 2.20. The average Bonchev–Trinajstić information content (AvgIpc) is 3.41. The van der Waals surface area contributed by atoms with Gasteiger partial charge in [-0.15, -0.1) is 10.1 Å². The molecule has 19 heteroatoms. The van der Waals surface area contributed by atoms with Gasteiger partial charge in [0.15, 0.2) is 12.1 Å². The summed E-state index contributed by atoms with van der Waals surface area (Å²) in [5, 5.41) is 28.5. The fraction of sp³-hybridized carbons (Fsp3) is 0.720. The number of nitriles is 2. The molecule has 260 valence electrons. The zero-order valence-electron chi connectivity index (χ0n) is 27.6. The molecule has 0 aliphatic heterocycles. The smallest absolute Gasteiger partial charge is 0.310 e. The van der Waals surface area contributed by atoms with E-state index < -0.39 is 17.9 Å². The van der Waals surface area contributed by atoms with Crippen LogP contribution in [0.15, 0.2) is 4.99 Å². The second-order valence-corrected chi connectivity index (χ2v) is 6.44. The molecule has 0 bridgehead atoms. The number of aryl methyl sites for hydroxylation is 1. The molecule has 10 N–H and O–H groups in total. The topological polar surface area (TPSA) is 333 Å². The molecule has 19 nitrogen and oxygen atoms in total. The lowest BCUT2D eigenvalue weighted by Gasteiger charge is -2.31. The van der Waals surface area contributed by atoms with E-state index in [0.717, 1.165) is 19.4 Å². The van der Waals surface area contributed by atoms with Crippen LogP contribution in [0.5, 0.6) is 0 Å². The van der Waals surface area contributed by atoms with Gasteiger partial charge in [-0.1, -0.05) is 20.8 Å². The molecule has 0 saturated heterocycles. The third-order valence-electron chi connectivity index (χ3n) is 3.49. The molecule has 0 aromatic carbocycles. The Kier molecular flexibility index (Phi) is 57.8. The van der Waals surface area contributed by atoms with Gasteiger partial charge in [0.2, 0.25) is 12.1 Å². The number of hydrogen-bond acceptors (Lipinski definition) is 17. The lowest BCUT2D eigenvalue weighted by molar-refractivity contribution is -0.377. The molecular weight excluding hydrogens is 584 g/mol. The van der Waals surface area contributed by atoms with Gasteiger partial charge in [-0.25, -0.2) is 11.1 Å². The summed E-state index contributed by atoms with van der Waals surface area (Å²) in [5.74, 6) is -0.262. The summed E-state index contributed by atoms with van der Waals surface area (Å²) >= 11 is 0. The van der Waals surface area contributed by atoms with Crippen molar-refractivity contribution in [3.63, 3.8) is 0 Å². The Bertz CT molecular complexity index is 851. The third-order valence-corrected chi connectivity index (χ3v) is 3.49. The minimum atomic E-state index is -0.807. The first-order valence-corrected chi connectivity index (χ1v) is 13.1. The van der Waals surface area contributed by atoms with Crippen LogP contribution >= 0.6 is 0 Å². The summed E-state index contributed by atoms with van der Waals surface area (Å²) in [7, 11) is 1.00. The number of anilines is 1. The monoisotopic (exact) mass is 640 g/mol. The number of nitrogens with zero attached hydrogens (tertiary/aromatic N) is 5. The summed E-state index contributed by atoms with van der Waals surface area (Å²) in [6.07, 6.45) is 5.16. The molecular formula is C25H56N10O9. The van der Waals surface area contributed by atoms with Crippen molar-refractivity contribution in [2.75, 3.05) is 39.3 Å². The summed E-state index contributed by atoms with van der Waals surface area (Å²) in [6.45, 7) is 18.3. The molecule has 0 radical (unpaired) electrons. The van der Waals surface area contributed by atoms with E-state index in [0.29, 0.717) is 51.1 Å². The number of nitrogen functional groups attached to an aromatic ring is 1. The minimum absolute atomic E-state index is 0. The van der Waals surface area contributed by atoms with Crippen LogP contribution in [-0.4, -0.2) is 83.1 Å². The number of nitrogens with two attached hydrogens (primary N) is 2. The predicted molar refractivity (Wildman–Crippen MR) is 165 cm³/mol. The largest absolute Gasteiger partial charge is 0.481 e. The van der Waals surface area contributed by atoms with Crippen LogP contribution < -0.4 is 11.5 Å². The summed E-state index contributed by atoms with van der Waals surface area (Å²) in [5.41, 5.74) is 19.4. The zero-order valence-corrected chi connectivity index (χ0v) is 27.6. The molecule has 0 spiro atoms. The third kappa shape index (κ3) is 44.7. The molecule has 1 heterocycles. The first-order chi connectivity index (χ1) is 20.5. The Morgan fingerprint density at radius 3 is 1.55 bits per heavy atom. The predicted octanol–water partition coefficient (Wildman–Crippen LogP) is 2.57. The number of rotatable bonds is 10. The van der Waals surface area contributed by atoms with Crippen molar-refractivity contribution in [2.24, 2.45) is 10.7 Å². The van der Waals surface area contributed by atoms with E-state index in [2.05, 4.69) is 30.6 Å². The molecule has 0 fully saturated rings. The number of nitrogens with one attached hydrogen (secondary N) is 3. The Morgan fingerprint density at radius 1 is 0.977 bits per heavy atom. The van der Waals surface area contributed by atoms with E-state index in [1.807, 2.05) is 48.5 Å². The van der Waals surface area contributed by atoms with Crippen molar-refractivity contribution >= 4 is 23.8 Å². The quantitative estimate of drug-likeness (QED) is 0.0313. The maximum absolute atomic E-state index is 9.81. The average molecular weight is 641 g/mol. The standard InChI is InChI=1S/C9H20O3.C6H10N2O.C4H8N4.C4H6O3.CH2N2.CH4O.H2N2.H2O.H2/c1-5-9(10-6-2,11-7-3)12-8-4;1-3-6(8-5-7)9-4-2;1-2-3-6-4(5)8-7-3;1-3(5)7-4(2)6;2-1-3;2*1-2;;/h5-8H2,1-4H3;3-4H2,1-2H3;2H2,1H3,(H3,5,6,7,8);1-2H3;2H2;2H,1H3;1-2H;1H2;1H. The second kappa shape index (κ2) is 45.7. The Hall–Kier alpha value is -4.27. The molecule has 1 rings (SSSR count). The molecule has 1 aromatic rings. The molecule has 0 atom stereocenters. The Balaban J connectivity index is -0.0000000631. The van der Waals surface area contributed by atoms with Crippen molar-refractivity contribution in [3.8, 4) is 12.4 Å². The molecule has 0 saturated carbocycles. The molecule has 44 heavy (non-hydrogen) atoms. The van der Waals surface area contributed by atoms with Gasteiger partial charge in [-0.3, -0.25) is 14.7 Å². The van der Waals surface area contributed by atoms with E-state index in [4.69, 9.17) is 51.4 Å². The lowest BCUT2D eigenvalue weighted by Crippen LogP contribution is -2.38. The van der Waals surface area contributed by atoms with E-state index in [-0.39, 0.29) is 6.90 Å². The van der Waals surface area contributed by atoms with Crippen molar-refractivity contribution in [1.82, 2.24) is 15.2 Å². The number of esters is 2. The maximum Gasteiger partial charge on any atom is 0.310 e. The van der Waals surface area contributed by atoms with Crippen LogP contribution in [0.4, 0.5) is 5.95 Å². The number of carbonyl (C=O) groups excluding carboxylic acids is 2. The second-order valence-electron chi connectivity index (χ2n) is 6.44. The molecule has 0 aliphatic rings. The van der Waals surface area contributed by atoms with Gasteiger partial charge in [0.05, 0.1) is 6.61 Å². The Labute approximate surface area is 262 Å². The zero-order chi connectivity index (χ0) is 35.1. The van der Waals surface area contributed by atoms with Crippen LogP contribution in [0.1, 0.15) is 82.4 Å². The highest BCUT2D eigenvalue weighted by atomic mass is 16.9. The van der Waals surface area contributed by atoms with Crippen molar-refractivity contribution in [1.29, 1.82) is 21.6 Å². The van der Waals surface area contributed by atoms with Crippen LogP contribution in [0.2, 0.25) is 0 Å². The molecule has 0 aliphatic carbocycles. The van der Waals surface area contributed by atoms with Crippen LogP contribution in [-0.2, 0) is 39.7 Å². The highest BCUT2D eigenvalue weighted by molar-refractivity contribution is 5.82. The van der Waals surface area contributed by atoms with Gasteiger partial charge in [0, 0.05) is 61.5 Å². The molecule has 0 amide bonds. The lowest BCUT2D eigenvalue weighted by atomic mass is 10.4. The normalized spacial score (nSPS) is 8.80. The first kappa shape index (κ1) is 55.6. The summed E-state index contributed by atoms with van der Waals surface area (Å²) in [4.78, 5) is 26.9. The van der Waals surface area contributed by atoms with Gasteiger partial charge in [0.25, 0.3) is 5.97 Å². The molecule has 0 unspecified atom stereocenters.